The van der Waals surface area contributed by atoms with E-state index in [4.69, 9.17) is 9.47 Å². The Labute approximate surface area is 122 Å². The van der Waals surface area contributed by atoms with Gasteiger partial charge >= 0.3 is 0 Å². The third-order valence-electron chi connectivity index (χ3n) is 2.93. The van der Waals surface area contributed by atoms with Crippen molar-refractivity contribution in [1.82, 2.24) is 5.32 Å². The predicted molar refractivity (Wildman–Crippen MR) is 81.3 cm³/mol. The van der Waals surface area contributed by atoms with Crippen molar-refractivity contribution in [3.05, 3.63) is 29.8 Å². The molecule has 0 aliphatic heterocycles. The molecule has 0 amide bonds. The fourth-order valence-electron chi connectivity index (χ4n) is 1.87. The summed E-state index contributed by atoms with van der Waals surface area (Å²) in [7, 11) is 0. The second-order valence-electron chi connectivity index (χ2n) is 5.60. The maximum Gasteiger partial charge on any atom is 0.119 e. The van der Waals surface area contributed by atoms with E-state index in [9.17, 15) is 5.11 Å². The van der Waals surface area contributed by atoms with Crippen LogP contribution >= 0.6 is 0 Å². The maximum absolute atomic E-state index is 9.86. The molecule has 4 heteroatoms. The number of nitrogens with one attached hydrogen (secondary N) is 1. The largest absolute Gasteiger partial charge is 0.491 e. The van der Waals surface area contributed by atoms with Crippen LogP contribution in [0.3, 0.4) is 0 Å². The minimum Gasteiger partial charge on any atom is -0.491 e. The normalized spacial score (nSPS) is 13.2. The van der Waals surface area contributed by atoms with Gasteiger partial charge in [-0.25, -0.2) is 0 Å². The van der Waals surface area contributed by atoms with E-state index >= 15 is 0 Å². The first-order valence-corrected chi connectivity index (χ1v) is 7.15. The van der Waals surface area contributed by atoms with Gasteiger partial charge in [0, 0.05) is 19.7 Å². The molecule has 0 saturated heterocycles. The lowest BCUT2D eigenvalue weighted by atomic mass is 10.1. The lowest BCUT2D eigenvalue weighted by molar-refractivity contribution is -0.0112. The number of aliphatic hydroxyl groups excluding tert-OH is 1. The lowest BCUT2D eigenvalue weighted by Gasteiger charge is -2.25. The summed E-state index contributed by atoms with van der Waals surface area (Å²) in [5, 5.41) is 13.1. The van der Waals surface area contributed by atoms with Crippen LogP contribution in [0.1, 0.15) is 26.3 Å². The van der Waals surface area contributed by atoms with Crippen LogP contribution in [0.2, 0.25) is 0 Å². The van der Waals surface area contributed by atoms with Crippen LogP contribution in [-0.2, 0) is 4.74 Å². The zero-order valence-corrected chi connectivity index (χ0v) is 13.0. The van der Waals surface area contributed by atoms with Crippen LogP contribution in [0, 0.1) is 6.92 Å². The van der Waals surface area contributed by atoms with E-state index in [2.05, 4.69) is 5.32 Å². The Morgan fingerprint density at radius 1 is 1.25 bits per heavy atom. The molecule has 0 heterocycles. The number of ether oxygens (including phenoxy) is 2. The molecule has 0 aliphatic rings. The summed E-state index contributed by atoms with van der Waals surface area (Å²) in [5.41, 5.74) is 0.976. The molecule has 0 saturated carbocycles. The molecular formula is C16H27NO3. The smallest absolute Gasteiger partial charge is 0.119 e. The van der Waals surface area contributed by atoms with Crippen molar-refractivity contribution in [3.63, 3.8) is 0 Å². The van der Waals surface area contributed by atoms with E-state index in [1.54, 1.807) is 0 Å². The lowest BCUT2D eigenvalue weighted by Crippen LogP contribution is -2.41. The monoisotopic (exact) mass is 281 g/mol. The van der Waals surface area contributed by atoms with Crippen LogP contribution in [0.25, 0.3) is 0 Å². The van der Waals surface area contributed by atoms with Gasteiger partial charge in [-0.1, -0.05) is 17.7 Å². The van der Waals surface area contributed by atoms with Crippen molar-refractivity contribution in [2.24, 2.45) is 0 Å². The van der Waals surface area contributed by atoms with Crippen molar-refractivity contribution in [1.29, 1.82) is 0 Å². The van der Waals surface area contributed by atoms with E-state index in [0.717, 1.165) is 5.75 Å². The van der Waals surface area contributed by atoms with E-state index in [1.165, 1.54) is 5.56 Å². The summed E-state index contributed by atoms with van der Waals surface area (Å²) in [6.07, 6.45) is -0.534. The van der Waals surface area contributed by atoms with Crippen LogP contribution in [-0.4, -0.2) is 43.1 Å². The molecule has 0 spiro atoms. The Bertz CT molecular complexity index is 376. The first kappa shape index (κ1) is 17.0. The van der Waals surface area contributed by atoms with E-state index in [1.807, 2.05) is 52.0 Å². The van der Waals surface area contributed by atoms with Crippen molar-refractivity contribution in [3.8, 4) is 5.75 Å². The van der Waals surface area contributed by atoms with Gasteiger partial charge in [-0.15, -0.1) is 0 Å². The predicted octanol–water partition coefficient (Wildman–Crippen LogP) is 2.14. The molecule has 0 bridgehead atoms. The van der Waals surface area contributed by atoms with E-state index in [0.29, 0.717) is 19.7 Å². The summed E-state index contributed by atoms with van der Waals surface area (Å²) >= 11 is 0. The Hall–Kier alpha value is -1.10. The first-order valence-electron chi connectivity index (χ1n) is 7.15. The van der Waals surface area contributed by atoms with Crippen LogP contribution in [0.5, 0.6) is 5.75 Å². The average molecular weight is 281 g/mol. The summed E-state index contributed by atoms with van der Waals surface area (Å²) in [6.45, 7) is 10.2. The van der Waals surface area contributed by atoms with Crippen LogP contribution < -0.4 is 10.1 Å². The number of aliphatic hydroxyl groups is 1. The molecule has 114 valence electrons. The van der Waals surface area contributed by atoms with Gasteiger partial charge in [0.05, 0.1) is 5.60 Å². The second-order valence-corrected chi connectivity index (χ2v) is 5.60. The molecule has 1 rings (SSSR count). The van der Waals surface area contributed by atoms with Gasteiger partial charge in [-0.05, 0) is 39.8 Å². The topological polar surface area (TPSA) is 50.7 Å². The van der Waals surface area contributed by atoms with Gasteiger partial charge in [-0.2, -0.15) is 0 Å². The highest BCUT2D eigenvalue weighted by atomic mass is 16.5. The molecule has 1 aromatic rings. The van der Waals surface area contributed by atoms with Crippen LogP contribution in [0.4, 0.5) is 0 Å². The molecule has 1 atom stereocenters. The SMILES string of the molecule is CCOC(C)(C)CNCC(O)COc1ccc(C)cc1. The molecule has 1 aromatic carbocycles. The van der Waals surface area contributed by atoms with E-state index < -0.39 is 6.10 Å². The van der Waals surface area contributed by atoms with Crippen LogP contribution in [0.15, 0.2) is 24.3 Å². The molecule has 1 unspecified atom stereocenters. The number of benzene rings is 1. The number of hydrogen-bond acceptors (Lipinski definition) is 4. The van der Waals surface area contributed by atoms with Gasteiger partial charge in [-0.3, -0.25) is 0 Å². The molecule has 20 heavy (non-hydrogen) atoms. The fourth-order valence-corrected chi connectivity index (χ4v) is 1.87. The van der Waals surface area contributed by atoms with Crippen molar-refractivity contribution in [2.75, 3.05) is 26.3 Å². The summed E-state index contributed by atoms with van der Waals surface area (Å²) in [4.78, 5) is 0. The zero-order valence-electron chi connectivity index (χ0n) is 13.0. The first-order chi connectivity index (χ1) is 9.43. The highest BCUT2D eigenvalue weighted by Gasteiger charge is 2.17. The number of hydrogen-bond donors (Lipinski definition) is 2. The summed E-state index contributed by atoms with van der Waals surface area (Å²) < 4.78 is 11.1. The Kier molecular flexibility index (Phi) is 6.99. The minimum absolute atomic E-state index is 0.216. The third-order valence-corrected chi connectivity index (χ3v) is 2.93. The van der Waals surface area contributed by atoms with Gasteiger partial charge in [0.15, 0.2) is 0 Å². The molecule has 4 nitrogen and oxygen atoms in total. The van der Waals surface area contributed by atoms with Crippen molar-refractivity contribution < 1.29 is 14.6 Å². The molecule has 0 fully saturated rings. The molecule has 0 radical (unpaired) electrons. The third kappa shape index (κ3) is 6.89. The fraction of sp³-hybridized carbons (Fsp3) is 0.625. The molecule has 0 aliphatic carbocycles. The minimum atomic E-state index is -0.534. The van der Waals surface area contributed by atoms with Crippen molar-refractivity contribution in [2.45, 2.75) is 39.4 Å². The highest BCUT2D eigenvalue weighted by Crippen LogP contribution is 2.11. The number of aryl methyl sites for hydroxylation is 1. The van der Waals surface area contributed by atoms with Gasteiger partial charge < -0.3 is 19.9 Å². The second kappa shape index (κ2) is 8.25. The Morgan fingerprint density at radius 3 is 2.50 bits per heavy atom. The number of rotatable bonds is 9. The van der Waals surface area contributed by atoms with Gasteiger partial charge in [0.2, 0.25) is 0 Å². The highest BCUT2D eigenvalue weighted by molar-refractivity contribution is 5.26. The van der Waals surface area contributed by atoms with Gasteiger partial charge in [0.25, 0.3) is 0 Å². The van der Waals surface area contributed by atoms with E-state index in [-0.39, 0.29) is 12.2 Å². The summed E-state index contributed by atoms with van der Waals surface area (Å²) in [6, 6.07) is 7.80. The van der Waals surface area contributed by atoms with Gasteiger partial charge in [0.1, 0.15) is 18.5 Å². The quantitative estimate of drug-likeness (QED) is 0.728. The maximum atomic E-state index is 9.86. The standard InChI is InChI=1S/C16H27NO3/c1-5-20-16(3,4)12-17-10-14(18)11-19-15-8-6-13(2)7-9-15/h6-9,14,17-18H,5,10-12H2,1-4H3. The Balaban J connectivity index is 2.20. The molecular weight excluding hydrogens is 254 g/mol. The molecule has 0 aromatic heterocycles. The average Bonchev–Trinajstić information content (AvgIpc) is 2.37. The zero-order chi connectivity index (χ0) is 15.0. The summed E-state index contributed by atoms with van der Waals surface area (Å²) in [5.74, 6) is 0.782. The van der Waals surface area contributed by atoms with Crippen molar-refractivity contribution >= 4 is 0 Å². The Morgan fingerprint density at radius 2 is 1.90 bits per heavy atom. The molecule has 2 N–H and O–H groups in total.